The van der Waals surface area contributed by atoms with Crippen molar-refractivity contribution >= 4 is 33.4 Å². The Hall–Kier alpha value is -2.79. The van der Waals surface area contributed by atoms with Crippen molar-refractivity contribution in [1.29, 1.82) is 0 Å². The fourth-order valence-electron chi connectivity index (χ4n) is 2.75. The van der Waals surface area contributed by atoms with Crippen LogP contribution >= 0.6 is 0 Å². The van der Waals surface area contributed by atoms with Crippen LogP contribution in [0.25, 0.3) is 0 Å². The van der Waals surface area contributed by atoms with Crippen molar-refractivity contribution in [3.63, 3.8) is 0 Å². The van der Waals surface area contributed by atoms with Gasteiger partial charge in [0, 0.05) is 39.4 Å². The molecule has 0 spiro atoms. The molecule has 1 saturated heterocycles. The van der Waals surface area contributed by atoms with E-state index in [9.17, 15) is 13.2 Å². The van der Waals surface area contributed by atoms with E-state index in [-0.39, 0.29) is 6.54 Å². The van der Waals surface area contributed by atoms with Crippen LogP contribution in [0.1, 0.15) is 0 Å². The highest BCUT2D eigenvalue weighted by atomic mass is 32.2. The molecule has 1 amide bonds. The summed E-state index contributed by atoms with van der Waals surface area (Å²) >= 11 is 0. The lowest BCUT2D eigenvalue weighted by atomic mass is 10.3. The zero-order chi connectivity index (χ0) is 20.1. The maximum absolute atomic E-state index is 11.9. The minimum absolute atomic E-state index is 0.268. The molecule has 1 N–H and O–H groups in total. The zero-order valence-electron chi connectivity index (χ0n) is 15.8. The highest BCUT2D eigenvalue weighted by Gasteiger charge is 2.20. The van der Waals surface area contributed by atoms with Gasteiger partial charge in [-0.05, 0) is 12.1 Å². The number of nitrogens with one attached hydrogen (secondary N) is 1. The van der Waals surface area contributed by atoms with Crippen molar-refractivity contribution in [2.45, 2.75) is 0 Å². The van der Waals surface area contributed by atoms with Crippen molar-refractivity contribution in [2.24, 2.45) is 0 Å². The SMILES string of the molecule is CN(CC(=O)Nc1cnc(N2CCN(c3ccccn3)CC2)nc1)S(C)(=O)=O. The van der Waals surface area contributed by atoms with E-state index in [1.807, 2.05) is 18.2 Å². The van der Waals surface area contributed by atoms with E-state index in [4.69, 9.17) is 0 Å². The molecule has 11 heteroatoms. The lowest BCUT2D eigenvalue weighted by Gasteiger charge is -2.35. The Morgan fingerprint density at radius 2 is 1.75 bits per heavy atom. The molecule has 0 saturated carbocycles. The molecule has 0 aliphatic carbocycles. The topological polar surface area (TPSA) is 112 Å². The van der Waals surface area contributed by atoms with E-state index in [0.29, 0.717) is 11.6 Å². The highest BCUT2D eigenvalue weighted by Crippen LogP contribution is 2.16. The smallest absolute Gasteiger partial charge is 0.239 e. The molecule has 10 nitrogen and oxygen atoms in total. The summed E-state index contributed by atoms with van der Waals surface area (Å²) in [7, 11) is -2.06. The Kier molecular flexibility index (Phi) is 6.05. The second-order valence-corrected chi connectivity index (χ2v) is 8.59. The van der Waals surface area contributed by atoms with Crippen LogP contribution in [-0.2, 0) is 14.8 Å². The molecule has 28 heavy (non-hydrogen) atoms. The van der Waals surface area contributed by atoms with Crippen molar-refractivity contribution in [3.05, 3.63) is 36.8 Å². The number of likely N-dealkylation sites (N-methyl/N-ethyl adjacent to an activating group) is 1. The molecule has 1 fully saturated rings. The number of nitrogens with zero attached hydrogens (tertiary/aromatic N) is 6. The Bertz CT molecular complexity index is 898. The van der Waals surface area contributed by atoms with Crippen LogP contribution in [0.4, 0.5) is 17.5 Å². The van der Waals surface area contributed by atoms with E-state index < -0.39 is 15.9 Å². The van der Waals surface area contributed by atoms with Crippen molar-refractivity contribution < 1.29 is 13.2 Å². The van der Waals surface area contributed by atoms with Crippen LogP contribution in [0, 0.1) is 0 Å². The molecule has 2 aromatic heterocycles. The van der Waals surface area contributed by atoms with Gasteiger partial charge in [0.2, 0.25) is 21.9 Å². The van der Waals surface area contributed by atoms with Gasteiger partial charge in [0.1, 0.15) is 5.82 Å². The van der Waals surface area contributed by atoms with E-state index in [1.165, 1.54) is 19.4 Å². The average molecular weight is 405 g/mol. The number of carbonyl (C=O) groups excluding carboxylic acids is 1. The van der Waals surface area contributed by atoms with E-state index in [0.717, 1.165) is 42.6 Å². The number of carbonyl (C=O) groups is 1. The van der Waals surface area contributed by atoms with Crippen LogP contribution in [0.5, 0.6) is 0 Å². The third-order valence-corrected chi connectivity index (χ3v) is 5.65. The van der Waals surface area contributed by atoms with Gasteiger partial charge in [-0.15, -0.1) is 0 Å². The Morgan fingerprint density at radius 1 is 1.11 bits per heavy atom. The summed E-state index contributed by atoms with van der Waals surface area (Å²) in [6.07, 6.45) is 5.87. The van der Waals surface area contributed by atoms with Gasteiger partial charge in [0.15, 0.2) is 0 Å². The lowest BCUT2D eigenvalue weighted by Crippen LogP contribution is -2.47. The molecule has 0 unspecified atom stereocenters. The first-order valence-electron chi connectivity index (χ1n) is 8.77. The number of pyridine rings is 1. The van der Waals surface area contributed by atoms with Crippen molar-refractivity contribution in [3.8, 4) is 0 Å². The number of aromatic nitrogens is 3. The lowest BCUT2D eigenvalue weighted by molar-refractivity contribution is -0.116. The van der Waals surface area contributed by atoms with E-state index in [1.54, 1.807) is 6.20 Å². The molecule has 150 valence electrons. The number of hydrogen-bond donors (Lipinski definition) is 1. The van der Waals surface area contributed by atoms with E-state index >= 15 is 0 Å². The quantitative estimate of drug-likeness (QED) is 0.716. The predicted molar refractivity (Wildman–Crippen MR) is 107 cm³/mol. The van der Waals surface area contributed by atoms with Crippen LogP contribution in [-0.4, -0.2) is 79.6 Å². The van der Waals surface area contributed by atoms with Crippen LogP contribution in [0.3, 0.4) is 0 Å². The van der Waals surface area contributed by atoms with Crippen LogP contribution in [0.15, 0.2) is 36.8 Å². The molecule has 0 bridgehead atoms. The fourth-order valence-corrected chi connectivity index (χ4v) is 3.10. The summed E-state index contributed by atoms with van der Waals surface area (Å²) in [5.41, 5.74) is 0.419. The molecular weight excluding hydrogens is 382 g/mol. The molecule has 2 aromatic rings. The van der Waals surface area contributed by atoms with Crippen LogP contribution in [0.2, 0.25) is 0 Å². The van der Waals surface area contributed by atoms with Crippen molar-refractivity contribution in [2.75, 3.05) is 61.1 Å². The number of anilines is 3. The predicted octanol–water partition coefficient (Wildman–Crippen LogP) is 0.0281. The molecule has 0 atom stereocenters. The molecule has 1 aliphatic rings. The average Bonchev–Trinajstić information content (AvgIpc) is 2.68. The second-order valence-electron chi connectivity index (χ2n) is 6.50. The Balaban J connectivity index is 1.53. The Morgan fingerprint density at radius 3 is 2.32 bits per heavy atom. The van der Waals surface area contributed by atoms with E-state index in [2.05, 4.69) is 30.1 Å². The summed E-state index contributed by atoms with van der Waals surface area (Å²) in [4.78, 5) is 29.2. The third-order valence-electron chi connectivity index (χ3n) is 4.39. The molecular formula is C17H23N7O3S. The van der Waals surface area contributed by atoms with Gasteiger partial charge >= 0.3 is 0 Å². The standard InChI is InChI=1S/C17H23N7O3S/c1-22(28(2,26)27)13-16(25)21-14-11-19-17(20-12-14)24-9-7-23(8-10-24)15-5-3-4-6-18-15/h3-6,11-12H,7-10,13H2,1-2H3,(H,21,25). The number of piperazine rings is 1. The largest absolute Gasteiger partial charge is 0.353 e. The third kappa shape index (κ3) is 5.14. The van der Waals surface area contributed by atoms with Gasteiger partial charge in [-0.25, -0.2) is 23.4 Å². The minimum Gasteiger partial charge on any atom is -0.353 e. The normalized spacial score (nSPS) is 15.0. The van der Waals surface area contributed by atoms with Gasteiger partial charge in [0.25, 0.3) is 0 Å². The van der Waals surface area contributed by atoms with Crippen molar-refractivity contribution in [1.82, 2.24) is 19.3 Å². The number of sulfonamides is 1. The first-order chi connectivity index (χ1) is 13.3. The van der Waals surface area contributed by atoms with Gasteiger partial charge in [-0.2, -0.15) is 4.31 Å². The summed E-state index contributed by atoms with van der Waals surface area (Å²) in [6, 6.07) is 5.86. The van der Waals surface area contributed by atoms with Gasteiger partial charge in [-0.1, -0.05) is 6.07 Å². The molecule has 0 radical (unpaired) electrons. The number of amides is 1. The van der Waals surface area contributed by atoms with Gasteiger partial charge in [0.05, 0.1) is 30.9 Å². The summed E-state index contributed by atoms with van der Waals surface area (Å²) in [6.45, 7) is 2.90. The zero-order valence-corrected chi connectivity index (χ0v) is 16.6. The minimum atomic E-state index is -3.41. The molecule has 1 aliphatic heterocycles. The number of hydrogen-bond acceptors (Lipinski definition) is 8. The summed E-state index contributed by atoms with van der Waals surface area (Å²) in [5.74, 6) is 1.10. The molecule has 3 rings (SSSR count). The molecule has 0 aromatic carbocycles. The molecule has 3 heterocycles. The second kappa shape index (κ2) is 8.48. The monoisotopic (exact) mass is 405 g/mol. The first kappa shape index (κ1) is 20.0. The summed E-state index contributed by atoms with van der Waals surface area (Å²) < 4.78 is 23.7. The van der Waals surface area contributed by atoms with Crippen LogP contribution < -0.4 is 15.1 Å². The fraction of sp³-hybridized carbons (Fsp3) is 0.412. The Labute approximate surface area is 164 Å². The van der Waals surface area contributed by atoms with Gasteiger partial charge < -0.3 is 15.1 Å². The van der Waals surface area contributed by atoms with Gasteiger partial charge in [-0.3, -0.25) is 4.79 Å². The highest BCUT2D eigenvalue weighted by molar-refractivity contribution is 7.88. The maximum Gasteiger partial charge on any atom is 0.239 e. The first-order valence-corrected chi connectivity index (χ1v) is 10.6. The maximum atomic E-state index is 11.9. The summed E-state index contributed by atoms with van der Waals surface area (Å²) in [5, 5.41) is 2.60. The number of rotatable bonds is 6.